The van der Waals surface area contributed by atoms with Crippen LogP contribution >= 0.6 is 0 Å². The molecule has 0 aliphatic heterocycles. The SMILES string of the molecule is Cc1cc(Cc2ccc3c(c2)C=CC3)cc(C)n1. The van der Waals surface area contributed by atoms with Gasteiger partial charge in [-0.25, -0.2) is 0 Å². The third-order valence-electron chi connectivity index (χ3n) is 3.39. The Balaban J connectivity index is 1.90. The van der Waals surface area contributed by atoms with E-state index in [4.69, 9.17) is 0 Å². The van der Waals surface area contributed by atoms with Crippen LogP contribution in [-0.4, -0.2) is 4.98 Å². The van der Waals surface area contributed by atoms with E-state index >= 15 is 0 Å². The van der Waals surface area contributed by atoms with Crippen LogP contribution in [0.25, 0.3) is 6.08 Å². The molecule has 0 N–H and O–H groups in total. The van der Waals surface area contributed by atoms with E-state index in [9.17, 15) is 0 Å². The minimum atomic E-state index is 0.991. The first kappa shape index (κ1) is 11.2. The zero-order valence-electron chi connectivity index (χ0n) is 10.9. The summed E-state index contributed by atoms with van der Waals surface area (Å²) in [5, 5.41) is 0. The molecule has 1 heteroatoms. The second-order valence-electron chi connectivity index (χ2n) is 5.07. The molecule has 1 aliphatic rings. The summed E-state index contributed by atoms with van der Waals surface area (Å²) in [6.45, 7) is 4.11. The number of hydrogen-bond acceptors (Lipinski definition) is 1. The Morgan fingerprint density at radius 1 is 1.00 bits per heavy atom. The minimum absolute atomic E-state index is 0.991. The van der Waals surface area contributed by atoms with Crippen LogP contribution in [0.1, 0.15) is 33.6 Å². The molecule has 2 aromatic rings. The van der Waals surface area contributed by atoms with Crippen molar-refractivity contribution in [2.75, 3.05) is 0 Å². The standard InChI is InChI=1S/C17H17N/c1-12-8-15(9-13(2)18-12)10-14-6-7-16-4-3-5-17(16)11-14/h3,5-9,11H,4,10H2,1-2H3. The molecule has 0 saturated heterocycles. The Kier molecular flexibility index (Phi) is 2.75. The van der Waals surface area contributed by atoms with Crippen molar-refractivity contribution in [3.63, 3.8) is 0 Å². The first-order valence-corrected chi connectivity index (χ1v) is 6.43. The van der Waals surface area contributed by atoms with Crippen LogP contribution in [0.3, 0.4) is 0 Å². The smallest absolute Gasteiger partial charge is 0.0378 e. The van der Waals surface area contributed by atoms with Gasteiger partial charge in [-0.15, -0.1) is 0 Å². The first-order valence-electron chi connectivity index (χ1n) is 6.43. The highest BCUT2D eigenvalue weighted by Gasteiger charge is 2.06. The van der Waals surface area contributed by atoms with E-state index in [-0.39, 0.29) is 0 Å². The van der Waals surface area contributed by atoms with Crippen molar-refractivity contribution in [2.24, 2.45) is 0 Å². The number of nitrogens with zero attached hydrogens (tertiary/aromatic N) is 1. The molecule has 1 nitrogen and oxygen atoms in total. The lowest BCUT2D eigenvalue weighted by Gasteiger charge is -2.07. The quantitative estimate of drug-likeness (QED) is 0.770. The van der Waals surface area contributed by atoms with Gasteiger partial charge in [0.2, 0.25) is 0 Å². The van der Waals surface area contributed by atoms with E-state index in [0.29, 0.717) is 0 Å². The van der Waals surface area contributed by atoms with E-state index in [2.05, 4.69) is 61.3 Å². The van der Waals surface area contributed by atoms with E-state index in [1.54, 1.807) is 0 Å². The third-order valence-corrected chi connectivity index (χ3v) is 3.39. The molecule has 1 aromatic carbocycles. The zero-order valence-corrected chi connectivity index (χ0v) is 10.9. The fourth-order valence-electron chi connectivity index (χ4n) is 2.67. The zero-order chi connectivity index (χ0) is 12.5. The molecule has 90 valence electrons. The Morgan fingerprint density at radius 2 is 1.78 bits per heavy atom. The Labute approximate surface area is 108 Å². The van der Waals surface area contributed by atoms with E-state index < -0.39 is 0 Å². The summed E-state index contributed by atoms with van der Waals surface area (Å²) in [5.74, 6) is 0. The number of benzene rings is 1. The summed E-state index contributed by atoms with van der Waals surface area (Å²) >= 11 is 0. The molecular formula is C17H17N. The van der Waals surface area contributed by atoms with E-state index in [1.165, 1.54) is 22.3 Å². The molecule has 0 radical (unpaired) electrons. The lowest BCUT2D eigenvalue weighted by Crippen LogP contribution is -1.94. The lowest BCUT2D eigenvalue weighted by atomic mass is 10.0. The van der Waals surface area contributed by atoms with Crippen LogP contribution in [0.15, 0.2) is 36.4 Å². The van der Waals surface area contributed by atoms with Crippen LogP contribution in [0.4, 0.5) is 0 Å². The number of fused-ring (bicyclic) bond motifs is 1. The number of pyridine rings is 1. The highest BCUT2D eigenvalue weighted by molar-refractivity contribution is 5.60. The van der Waals surface area contributed by atoms with Gasteiger partial charge in [0.15, 0.2) is 0 Å². The molecule has 0 unspecified atom stereocenters. The van der Waals surface area contributed by atoms with Crippen molar-refractivity contribution >= 4 is 6.08 Å². The van der Waals surface area contributed by atoms with Gasteiger partial charge in [-0.1, -0.05) is 30.4 Å². The van der Waals surface area contributed by atoms with Crippen LogP contribution in [-0.2, 0) is 12.8 Å². The molecule has 0 amide bonds. The molecule has 3 rings (SSSR count). The molecule has 0 atom stereocenters. The number of hydrogen-bond donors (Lipinski definition) is 0. The van der Waals surface area contributed by atoms with Crippen molar-refractivity contribution in [2.45, 2.75) is 26.7 Å². The molecule has 18 heavy (non-hydrogen) atoms. The van der Waals surface area contributed by atoms with Gasteiger partial charge < -0.3 is 0 Å². The predicted octanol–water partition coefficient (Wildman–Crippen LogP) is 3.86. The molecule has 1 aromatic heterocycles. The van der Waals surface area contributed by atoms with Gasteiger partial charge >= 0.3 is 0 Å². The number of rotatable bonds is 2. The summed E-state index contributed by atoms with van der Waals surface area (Å²) in [4.78, 5) is 4.42. The summed E-state index contributed by atoms with van der Waals surface area (Å²) in [5.41, 5.74) is 7.76. The van der Waals surface area contributed by atoms with Gasteiger partial charge in [-0.05, 0) is 61.1 Å². The number of aryl methyl sites for hydroxylation is 2. The maximum absolute atomic E-state index is 4.42. The van der Waals surface area contributed by atoms with Crippen LogP contribution in [0.5, 0.6) is 0 Å². The predicted molar refractivity (Wildman–Crippen MR) is 75.7 cm³/mol. The normalized spacial score (nSPS) is 12.8. The fourth-order valence-corrected chi connectivity index (χ4v) is 2.67. The number of allylic oxidation sites excluding steroid dienone is 1. The highest BCUT2D eigenvalue weighted by atomic mass is 14.7. The fraction of sp³-hybridized carbons (Fsp3) is 0.235. The molecule has 0 bridgehead atoms. The second-order valence-corrected chi connectivity index (χ2v) is 5.07. The Bertz CT molecular complexity index is 603. The monoisotopic (exact) mass is 235 g/mol. The van der Waals surface area contributed by atoms with E-state index in [1.807, 2.05) is 0 Å². The van der Waals surface area contributed by atoms with Gasteiger partial charge in [0, 0.05) is 11.4 Å². The molecule has 1 heterocycles. The van der Waals surface area contributed by atoms with Crippen molar-refractivity contribution in [1.29, 1.82) is 0 Å². The van der Waals surface area contributed by atoms with Crippen LogP contribution < -0.4 is 0 Å². The summed E-state index contributed by atoms with van der Waals surface area (Å²) in [6, 6.07) is 11.2. The Morgan fingerprint density at radius 3 is 2.56 bits per heavy atom. The Hall–Kier alpha value is -1.89. The van der Waals surface area contributed by atoms with Gasteiger partial charge in [-0.3, -0.25) is 4.98 Å². The van der Waals surface area contributed by atoms with Gasteiger partial charge in [0.05, 0.1) is 0 Å². The highest BCUT2D eigenvalue weighted by Crippen LogP contribution is 2.22. The number of aromatic nitrogens is 1. The van der Waals surface area contributed by atoms with Crippen molar-refractivity contribution in [1.82, 2.24) is 4.98 Å². The molecule has 0 spiro atoms. The molecule has 0 fully saturated rings. The van der Waals surface area contributed by atoms with Crippen molar-refractivity contribution in [3.05, 3.63) is 70.0 Å². The summed E-state index contributed by atoms with van der Waals surface area (Å²) < 4.78 is 0. The lowest BCUT2D eigenvalue weighted by molar-refractivity contribution is 1.07. The average Bonchev–Trinajstić information content (AvgIpc) is 2.74. The van der Waals surface area contributed by atoms with Crippen LogP contribution in [0, 0.1) is 13.8 Å². The maximum Gasteiger partial charge on any atom is 0.0378 e. The van der Waals surface area contributed by atoms with Crippen molar-refractivity contribution < 1.29 is 0 Å². The summed E-state index contributed by atoms with van der Waals surface area (Å²) in [6.07, 6.45) is 6.53. The molecule has 0 saturated carbocycles. The maximum atomic E-state index is 4.42. The second kappa shape index (κ2) is 4.41. The van der Waals surface area contributed by atoms with E-state index in [0.717, 1.165) is 24.2 Å². The average molecular weight is 235 g/mol. The van der Waals surface area contributed by atoms with Crippen molar-refractivity contribution in [3.8, 4) is 0 Å². The van der Waals surface area contributed by atoms with Gasteiger partial charge in [-0.2, -0.15) is 0 Å². The molecular weight excluding hydrogens is 218 g/mol. The topological polar surface area (TPSA) is 12.9 Å². The van der Waals surface area contributed by atoms with Crippen LogP contribution in [0.2, 0.25) is 0 Å². The molecule has 1 aliphatic carbocycles. The summed E-state index contributed by atoms with van der Waals surface area (Å²) in [7, 11) is 0. The minimum Gasteiger partial charge on any atom is -0.258 e. The van der Waals surface area contributed by atoms with Gasteiger partial charge in [0.25, 0.3) is 0 Å². The first-order chi connectivity index (χ1) is 8.70. The van der Waals surface area contributed by atoms with Gasteiger partial charge in [0.1, 0.15) is 0 Å². The third kappa shape index (κ3) is 2.21. The largest absolute Gasteiger partial charge is 0.258 e.